The van der Waals surface area contributed by atoms with Crippen molar-refractivity contribution in [2.75, 3.05) is 20.8 Å². The van der Waals surface area contributed by atoms with Crippen molar-refractivity contribution in [2.24, 2.45) is 0 Å². The van der Waals surface area contributed by atoms with Gasteiger partial charge < -0.3 is 19.3 Å². The minimum absolute atomic E-state index is 0.00881. The van der Waals surface area contributed by atoms with E-state index in [-0.39, 0.29) is 24.4 Å². The minimum atomic E-state index is -0.632. The van der Waals surface area contributed by atoms with Crippen molar-refractivity contribution >= 4 is 11.8 Å². The van der Waals surface area contributed by atoms with Gasteiger partial charge in [-0.25, -0.2) is 0 Å². The Kier molecular flexibility index (Phi) is 6.98. The smallest absolute Gasteiger partial charge is 0.250 e. The van der Waals surface area contributed by atoms with Crippen LogP contribution in [-0.2, 0) is 16.1 Å². The Bertz CT molecular complexity index is 918. The van der Waals surface area contributed by atoms with Gasteiger partial charge in [-0.3, -0.25) is 9.59 Å². The summed E-state index contributed by atoms with van der Waals surface area (Å²) in [5.74, 6) is 1.51. The molecule has 6 heteroatoms. The number of nitrogens with zero attached hydrogens (tertiary/aromatic N) is 2. The lowest BCUT2D eigenvalue weighted by Gasteiger charge is -2.43. The highest BCUT2D eigenvalue weighted by molar-refractivity contribution is 5.95. The first kappa shape index (κ1) is 22.2. The van der Waals surface area contributed by atoms with Gasteiger partial charge in [-0.15, -0.1) is 0 Å². The quantitative estimate of drug-likeness (QED) is 0.632. The van der Waals surface area contributed by atoms with Gasteiger partial charge in [0, 0.05) is 12.6 Å². The van der Waals surface area contributed by atoms with E-state index in [1.54, 1.807) is 19.1 Å². The van der Waals surface area contributed by atoms with Crippen LogP contribution in [0, 0.1) is 0 Å². The largest absolute Gasteiger partial charge is 0.497 e. The summed E-state index contributed by atoms with van der Waals surface area (Å²) in [5, 5.41) is 0. The van der Waals surface area contributed by atoms with Gasteiger partial charge in [0.05, 0.1) is 14.2 Å². The number of amides is 2. The van der Waals surface area contributed by atoms with Crippen LogP contribution in [0.2, 0.25) is 0 Å². The molecule has 2 amide bonds. The molecule has 32 heavy (non-hydrogen) atoms. The average Bonchev–Trinajstić information content (AvgIpc) is 3.11. The third kappa shape index (κ3) is 4.74. The zero-order valence-corrected chi connectivity index (χ0v) is 19.0. The molecule has 0 bridgehead atoms. The molecule has 1 aliphatic heterocycles. The number of carbonyl (C=O) groups is 2. The fourth-order valence-electron chi connectivity index (χ4n) is 4.84. The molecule has 4 rings (SSSR count). The van der Waals surface area contributed by atoms with Gasteiger partial charge in [0.1, 0.15) is 24.1 Å². The van der Waals surface area contributed by atoms with Crippen molar-refractivity contribution in [3.63, 3.8) is 0 Å². The molecule has 1 aliphatic carbocycles. The van der Waals surface area contributed by atoms with Gasteiger partial charge in [-0.1, -0.05) is 49.9 Å². The first-order valence-electron chi connectivity index (χ1n) is 11.5. The highest BCUT2D eigenvalue weighted by atomic mass is 16.5. The predicted octanol–water partition coefficient (Wildman–Crippen LogP) is 4.34. The van der Waals surface area contributed by atoms with Crippen LogP contribution < -0.4 is 9.47 Å². The minimum Gasteiger partial charge on any atom is -0.497 e. The third-order valence-corrected chi connectivity index (χ3v) is 6.66. The van der Waals surface area contributed by atoms with Crippen molar-refractivity contribution in [1.29, 1.82) is 0 Å². The van der Waals surface area contributed by atoms with Gasteiger partial charge >= 0.3 is 0 Å². The number of hydrogen-bond donors (Lipinski definition) is 0. The van der Waals surface area contributed by atoms with Gasteiger partial charge in [0.15, 0.2) is 0 Å². The molecule has 2 aliphatic rings. The molecule has 2 aromatic rings. The Morgan fingerprint density at radius 2 is 1.38 bits per heavy atom. The predicted molar refractivity (Wildman–Crippen MR) is 122 cm³/mol. The second kappa shape index (κ2) is 10.1. The topological polar surface area (TPSA) is 59.1 Å². The molecule has 1 atom stereocenters. The van der Waals surface area contributed by atoms with Crippen LogP contribution in [-0.4, -0.2) is 48.4 Å². The number of hydrogen-bond acceptors (Lipinski definition) is 4. The molecule has 6 nitrogen and oxygen atoms in total. The van der Waals surface area contributed by atoms with Gasteiger partial charge in [-0.05, 0) is 48.2 Å². The standard InChI is InChI=1S/C26H32N2O4/c1-31-22-13-9-19(10-14-22)17-28-24(29)18-27(21-7-5-3-4-6-8-21)26(30)25(28)20-11-15-23(32-2)16-12-20/h9-16,21,25H,3-8,17-18H2,1-2H3. The van der Waals surface area contributed by atoms with E-state index in [1.807, 2.05) is 53.4 Å². The SMILES string of the molecule is COc1ccc(CN2C(=O)CN(C3CCCCCC3)C(=O)C2c2ccc(OC)cc2)cc1. The first-order chi connectivity index (χ1) is 15.6. The van der Waals surface area contributed by atoms with E-state index in [0.717, 1.165) is 48.3 Å². The maximum absolute atomic E-state index is 13.8. The highest BCUT2D eigenvalue weighted by Gasteiger charge is 2.42. The number of rotatable bonds is 6. The maximum atomic E-state index is 13.8. The molecule has 0 spiro atoms. The lowest BCUT2D eigenvalue weighted by molar-refractivity contribution is -0.159. The molecule has 0 N–H and O–H groups in total. The van der Waals surface area contributed by atoms with E-state index in [1.165, 1.54) is 12.8 Å². The molecule has 2 fully saturated rings. The van der Waals surface area contributed by atoms with Crippen molar-refractivity contribution in [2.45, 2.75) is 57.2 Å². The zero-order chi connectivity index (χ0) is 22.5. The van der Waals surface area contributed by atoms with E-state index in [4.69, 9.17) is 9.47 Å². The van der Waals surface area contributed by atoms with E-state index in [9.17, 15) is 9.59 Å². The van der Waals surface area contributed by atoms with Crippen LogP contribution >= 0.6 is 0 Å². The summed E-state index contributed by atoms with van der Waals surface area (Å²) >= 11 is 0. The Labute approximate surface area is 190 Å². The molecule has 0 aromatic heterocycles. The molecule has 1 saturated carbocycles. The second-order valence-corrected chi connectivity index (χ2v) is 8.66. The summed E-state index contributed by atoms with van der Waals surface area (Å²) in [6.07, 6.45) is 6.60. The Balaban J connectivity index is 1.65. The molecule has 1 unspecified atom stereocenters. The van der Waals surface area contributed by atoms with Crippen LogP contribution in [0.3, 0.4) is 0 Å². The lowest BCUT2D eigenvalue weighted by atomic mass is 9.97. The third-order valence-electron chi connectivity index (χ3n) is 6.66. The van der Waals surface area contributed by atoms with Crippen LogP contribution in [0.4, 0.5) is 0 Å². The molecule has 170 valence electrons. The van der Waals surface area contributed by atoms with Gasteiger partial charge in [0.25, 0.3) is 5.91 Å². The normalized spacial score (nSPS) is 20.2. The number of ether oxygens (including phenoxy) is 2. The summed E-state index contributed by atoms with van der Waals surface area (Å²) in [6, 6.07) is 14.7. The van der Waals surface area contributed by atoms with E-state index < -0.39 is 6.04 Å². The Morgan fingerprint density at radius 3 is 1.94 bits per heavy atom. The summed E-state index contributed by atoms with van der Waals surface area (Å²) < 4.78 is 10.5. The van der Waals surface area contributed by atoms with Crippen LogP contribution in [0.5, 0.6) is 11.5 Å². The van der Waals surface area contributed by atoms with Crippen LogP contribution in [0.1, 0.15) is 55.7 Å². The van der Waals surface area contributed by atoms with Crippen molar-refractivity contribution in [3.8, 4) is 11.5 Å². The Morgan fingerprint density at radius 1 is 0.812 bits per heavy atom. The molecule has 0 radical (unpaired) electrons. The monoisotopic (exact) mass is 436 g/mol. The molecular formula is C26H32N2O4. The highest BCUT2D eigenvalue weighted by Crippen LogP contribution is 2.34. The molecule has 1 saturated heterocycles. The second-order valence-electron chi connectivity index (χ2n) is 8.66. The summed E-state index contributed by atoms with van der Waals surface area (Å²) in [5.41, 5.74) is 1.78. The first-order valence-corrected chi connectivity index (χ1v) is 11.5. The molecule has 2 aromatic carbocycles. The summed E-state index contributed by atoms with van der Waals surface area (Å²) in [7, 11) is 3.25. The summed E-state index contributed by atoms with van der Waals surface area (Å²) in [4.78, 5) is 30.8. The molecular weight excluding hydrogens is 404 g/mol. The van der Waals surface area contributed by atoms with Crippen molar-refractivity contribution in [1.82, 2.24) is 9.80 Å². The maximum Gasteiger partial charge on any atom is 0.250 e. The lowest BCUT2D eigenvalue weighted by Crippen LogP contribution is -2.57. The zero-order valence-electron chi connectivity index (χ0n) is 19.0. The molecule has 1 heterocycles. The fraction of sp³-hybridized carbons (Fsp3) is 0.462. The van der Waals surface area contributed by atoms with E-state index in [0.29, 0.717) is 6.54 Å². The Hall–Kier alpha value is -3.02. The number of benzene rings is 2. The van der Waals surface area contributed by atoms with Crippen molar-refractivity contribution < 1.29 is 19.1 Å². The number of methoxy groups -OCH3 is 2. The number of carbonyl (C=O) groups excluding carboxylic acids is 2. The van der Waals surface area contributed by atoms with Crippen molar-refractivity contribution in [3.05, 3.63) is 59.7 Å². The van der Waals surface area contributed by atoms with E-state index in [2.05, 4.69) is 0 Å². The number of piperazine rings is 1. The van der Waals surface area contributed by atoms with Gasteiger partial charge in [-0.2, -0.15) is 0 Å². The average molecular weight is 437 g/mol. The van der Waals surface area contributed by atoms with E-state index >= 15 is 0 Å². The van der Waals surface area contributed by atoms with Gasteiger partial charge in [0.2, 0.25) is 5.91 Å². The van der Waals surface area contributed by atoms with Crippen LogP contribution in [0.25, 0.3) is 0 Å². The summed E-state index contributed by atoms with van der Waals surface area (Å²) in [6.45, 7) is 0.538. The fourth-order valence-corrected chi connectivity index (χ4v) is 4.84. The van der Waals surface area contributed by atoms with Crippen LogP contribution in [0.15, 0.2) is 48.5 Å².